The minimum atomic E-state index is -0.769. The fraction of sp³-hybridized carbons (Fsp3) is 0.0588. The highest BCUT2D eigenvalue weighted by molar-refractivity contribution is 9.10. The van der Waals surface area contributed by atoms with Crippen LogP contribution in [0.3, 0.4) is 0 Å². The zero-order valence-corrected chi connectivity index (χ0v) is 14.2. The molecule has 3 N–H and O–H groups in total. The molecule has 3 rings (SSSR count). The van der Waals surface area contributed by atoms with Crippen molar-refractivity contribution < 1.29 is 18.7 Å². The van der Waals surface area contributed by atoms with Gasteiger partial charge in [0, 0.05) is 21.5 Å². The van der Waals surface area contributed by atoms with Crippen molar-refractivity contribution in [2.45, 2.75) is 0 Å². The molecule has 2 amide bonds. The van der Waals surface area contributed by atoms with E-state index >= 15 is 0 Å². The second-order valence-corrected chi connectivity index (χ2v) is 5.91. The van der Waals surface area contributed by atoms with Crippen LogP contribution < -0.4 is 15.8 Å². The lowest BCUT2D eigenvalue weighted by molar-refractivity contribution is 0.0977. The normalized spacial score (nSPS) is 10.6. The summed E-state index contributed by atoms with van der Waals surface area (Å²) in [4.78, 5) is 24.1. The Balaban J connectivity index is 2.05. The summed E-state index contributed by atoms with van der Waals surface area (Å²) in [5, 5.41) is 3.26. The molecule has 0 saturated heterocycles. The number of rotatable bonds is 4. The lowest BCUT2D eigenvalue weighted by Crippen LogP contribution is -2.17. The van der Waals surface area contributed by atoms with E-state index in [-0.39, 0.29) is 17.4 Å². The van der Waals surface area contributed by atoms with E-state index in [1.54, 1.807) is 36.4 Å². The maximum Gasteiger partial charge on any atom is 0.286 e. The van der Waals surface area contributed by atoms with Gasteiger partial charge < -0.3 is 20.2 Å². The predicted molar refractivity (Wildman–Crippen MR) is 93.4 cm³/mol. The number of carbonyl (C=O) groups excluding carboxylic acids is 2. The molecule has 0 aliphatic carbocycles. The molecular formula is C17H13BrN2O4. The van der Waals surface area contributed by atoms with Gasteiger partial charge in [-0.05, 0) is 30.3 Å². The van der Waals surface area contributed by atoms with Crippen LogP contribution in [0.4, 0.5) is 5.69 Å². The number of primary amides is 1. The van der Waals surface area contributed by atoms with Gasteiger partial charge in [-0.2, -0.15) is 0 Å². The summed E-state index contributed by atoms with van der Waals surface area (Å²) in [5.41, 5.74) is 6.43. The molecule has 7 heteroatoms. The number of methoxy groups -OCH3 is 1. The standard InChI is InChI=1S/C17H13BrN2O4/c1-23-11-5-6-12-13(8-11)24-15(16(19)21)14(12)20-17(22)9-3-2-4-10(18)7-9/h2-8H,1H3,(H2,19,21)(H,20,22). The van der Waals surface area contributed by atoms with E-state index in [0.29, 0.717) is 22.3 Å². The molecular weight excluding hydrogens is 376 g/mol. The third kappa shape index (κ3) is 2.98. The molecule has 0 aliphatic heterocycles. The highest BCUT2D eigenvalue weighted by Crippen LogP contribution is 2.33. The van der Waals surface area contributed by atoms with Crippen LogP contribution in [0.15, 0.2) is 51.4 Å². The highest BCUT2D eigenvalue weighted by atomic mass is 79.9. The number of nitrogens with one attached hydrogen (secondary N) is 1. The number of hydrogen-bond acceptors (Lipinski definition) is 4. The Morgan fingerprint density at radius 3 is 2.67 bits per heavy atom. The molecule has 0 bridgehead atoms. The third-order valence-electron chi connectivity index (χ3n) is 3.45. The summed E-state index contributed by atoms with van der Waals surface area (Å²) in [5.74, 6) is -0.689. The smallest absolute Gasteiger partial charge is 0.286 e. The number of amides is 2. The summed E-state index contributed by atoms with van der Waals surface area (Å²) >= 11 is 3.32. The van der Waals surface area contributed by atoms with Gasteiger partial charge in [-0.25, -0.2) is 0 Å². The second kappa shape index (κ2) is 6.37. The first-order valence-corrected chi connectivity index (χ1v) is 7.76. The van der Waals surface area contributed by atoms with Gasteiger partial charge in [-0.3, -0.25) is 9.59 Å². The number of furan rings is 1. The van der Waals surface area contributed by atoms with Crippen molar-refractivity contribution in [3.8, 4) is 5.75 Å². The fourth-order valence-electron chi connectivity index (χ4n) is 2.32. The number of fused-ring (bicyclic) bond motifs is 1. The highest BCUT2D eigenvalue weighted by Gasteiger charge is 2.21. The van der Waals surface area contributed by atoms with Crippen molar-refractivity contribution in [1.29, 1.82) is 0 Å². The first-order valence-electron chi connectivity index (χ1n) is 6.97. The monoisotopic (exact) mass is 388 g/mol. The van der Waals surface area contributed by atoms with Crippen molar-refractivity contribution >= 4 is 44.4 Å². The molecule has 1 aromatic heterocycles. The molecule has 6 nitrogen and oxygen atoms in total. The fourth-order valence-corrected chi connectivity index (χ4v) is 2.72. The molecule has 0 radical (unpaired) electrons. The minimum absolute atomic E-state index is 0.110. The van der Waals surface area contributed by atoms with Gasteiger partial charge in [-0.15, -0.1) is 0 Å². The Morgan fingerprint density at radius 1 is 1.21 bits per heavy atom. The van der Waals surface area contributed by atoms with Crippen molar-refractivity contribution in [2.24, 2.45) is 5.73 Å². The number of benzene rings is 2. The van der Waals surface area contributed by atoms with E-state index in [1.807, 2.05) is 6.07 Å². The first-order chi connectivity index (χ1) is 11.5. The Bertz CT molecular complexity index is 949. The Labute approximate surface area is 145 Å². The number of halogens is 1. The molecule has 1 heterocycles. The van der Waals surface area contributed by atoms with Crippen LogP contribution in [0.25, 0.3) is 11.0 Å². The lowest BCUT2D eigenvalue weighted by Gasteiger charge is -2.05. The maximum absolute atomic E-state index is 12.5. The number of nitrogens with two attached hydrogens (primary N) is 1. The number of ether oxygens (including phenoxy) is 1. The van der Waals surface area contributed by atoms with E-state index in [0.717, 1.165) is 4.47 Å². The molecule has 0 unspecified atom stereocenters. The van der Waals surface area contributed by atoms with E-state index in [2.05, 4.69) is 21.2 Å². The van der Waals surface area contributed by atoms with Gasteiger partial charge in [0.15, 0.2) is 0 Å². The number of anilines is 1. The number of carbonyl (C=O) groups is 2. The van der Waals surface area contributed by atoms with Crippen molar-refractivity contribution in [3.05, 3.63) is 58.3 Å². The Kier molecular flexibility index (Phi) is 4.26. The molecule has 0 saturated carbocycles. The first kappa shape index (κ1) is 16.1. The van der Waals surface area contributed by atoms with Gasteiger partial charge in [0.25, 0.3) is 11.8 Å². The van der Waals surface area contributed by atoms with Crippen LogP contribution in [-0.4, -0.2) is 18.9 Å². The van der Waals surface area contributed by atoms with Crippen molar-refractivity contribution in [3.63, 3.8) is 0 Å². The van der Waals surface area contributed by atoms with Crippen LogP contribution in [0.1, 0.15) is 20.9 Å². The number of hydrogen-bond donors (Lipinski definition) is 2. The van der Waals surface area contributed by atoms with Gasteiger partial charge in [-0.1, -0.05) is 22.0 Å². The zero-order chi connectivity index (χ0) is 17.3. The van der Waals surface area contributed by atoms with Crippen LogP contribution >= 0.6 is 15.9 Å². The third-order valence-corrected chi connectivity index (χ3v) is 3.94. The Hall–Kier alpha value is -2.80. The molecule has 24 heavy (non-hydrogen) atoms. The summed E-state index contributed by atoms with van der Waals surface area (Å²) in [6.07, 6.45) is 0. The quantitative estimate of drug-likeness (QED) is 0.714. The maximum atomic E-state index is 12.5. The molecule has 2 aromatic carbocycles. The van der Waals surface area contributed by atoms with Gasteiger partial charge in [0.05, 0.1) is 7.11 Å². The minimum Gasteiger partial charge on any atom is -0.497 e. The molecule has 3 aromatic rings. The summed E-state index contributed by atoms with van der Waals surface area (Å²) in [6.45, 7) is 0. The molecule has 122 valence electrons. The van der Waals surface area contributed by atoms with E-state index in [1.165, 1.54) is 7.11 Å². The SMILES string of the molecule is COc1ccc2c(NC(=O)c3cccc(Br)c3)c(C(N)=O)oc2c1. The summed E-state index contributed by atoms with van der Waals surface area (Å²) in [7, 11) is 1.52. The summed E-state index contributed by atoms with van der Waals surface area (Å²) < 4.78 is 11.4. The molecule has 0 spiro atoms. The van der Waals surface area contributed by atoms with Crippen molar-refractivity contribution in [1.82, 2.24) is 0 Å². The largest absolute Gasteiger partial charge is 0.497 e. The van der Waals surface area contributed by atoms with E-state index < -0.39 is 5.91 Å². The van der Waals surface area contributed by atoms with Gasteiger partial charge in [0.2, 0.25) is 5.76 Å². The van der Waals surface area contributed by atoms with Crippen LogP contribution in [0, 0.1) is 0 Å². The molecule has 0 fully saturated rings. The predicted octanol–water partition coefficient (Wildman–Crippen LogP) is 3.56. The molecule has 0 atom stereocenters. The molecule has 0 aliphatic rings. The second-order valence-electron chi connectivity index (χ2n) is 5.00. The average molecular weight is 389 g/mol. The Morgan fingerprint density at radius 2 is 2.00 bits per heavy atom. The average Bonchev–Trinajstić information content (AvgIpc) is 2.92. The van der Waals surface area contributed by atoms with Gasteiger partial charge in [0.1, 0.15) is 17.0 Å². The topological polar surface area (TPSA) is 94.6 Å². The van der Waals surface area contributed by atoms with E-state index in [9.17, 15) is 9.59 Å². The lowest BCUT2D eigenvalue weighted by atomic mass is 10.1. The van der Waals surface area contributed by atoms with Crippen LogP contribution in [0.5, 0.6) is 5.75 Å². The van der Waals surface area contributed by atoms with Crippen molar-refractivity contribution in [2.75, 3.05) is 12.4 Å². The summed E-state index contributed by atoms with van der Waals surface area (Å²) in [6, 6.07) is 11.9. The van der Waals surface area contributed by atoms with Gasteiger partial charge >= 0.3 is 0 Å². The zero-order valence-electron chi connectivity index (χ0n) is 12.6. The van der Waals surface area contributed by atoms with Crippen LogP contribution in [0.2, 0.25) is 0 Å². The van der Waals surface area contributed by atoms with E-state index in [4.69, 9.17) is 14.9 Å². The van der Waals surface area contributed by atoms with Crippen LogP contribution in [-0.2, 0) is 0 Å².